The summed E-state index contributed by atoms with van der Waals surface area (Å²) in [7, 11) is 0. The molecule has 28 heavy (non-hydrogen) atoms. The molecular formula is C22H20N4OS. The van der Waals surface area contributed by atoms with Gasteiger partial charge in [-0.2, -0.15) is 5.10 Å². The molecule has 0 fully saturated rings. The highest BCUT2D eigenvalue weighted by Crippen LogP contribution is 2.27. The van der Waals surface area contributed by atoms with Crippen molar-refractivity contribution in [2.45, 2.75) is 19.5 Å². The summed E-state index contributed by atoms with van der Waals surface area (Å²) in [6.45, 7) is 2.57. The summed E-state index contributed by atoms with van der Waals surface area (Å²) >= 11 is 1.58. The maximum atomic E-state index is 13.0. The fourth-order valence-corrected chi connectivity index (χ4v) is 3.75. The predicted molar refractivity (Wildman–Crippen MR) is 111 cm³/mol. The topological polar surface area (TPSA) is 59.8 Å². The van der Waals surface area contributed by atoms with Gasteiger partial charge in [0.2, 0.25) is 0 Å². The first-order chi connectivity index (χ1) is 13.7. The Kier molecular flexibility index (Phi) is 5.30. The summed E-state index contributed by atoms with van der Waals surface area (Å²) in [6, 6.07) is 17.7. The minimum atomic E-state index is -0.144. The Labute approximate surface area is 167 Å². The van der Waals surface area contributed by atoms with Crippen molar-refractivity contribution in [1.82, 2.24) is 20.1 Å². The van der Waals surface area contributed by atoms with E-state index in [1.807, 2.05) is 65.6 Å². The minimum absolute atomic E-state index is 0.140. The first-order valence-electron chi connectivity index (χ1n) is 9.07. The molecule has 1 aromatic carbocycles. The van der Waals surface area contributed by atoms with Crippen LogP contribution in [0.4, 0.5) is 0 Å². The zero-order valence-electron chi connectivity index (χ0n) is 15.4. The molecule has 1 unspecified atom stereocenters. The predicted octanol–water partition coefficient (Wildman–Crippen LogP) is 4.55. The Bertz CT molecular complexity index is 1040. The van der Waals surface area contributed by atoms with E-state index in [-0.39, 0.29) is 11.9 Å². The van der Waals surface area contributed by atoms with Crippen molar-refractivity contribution in [3.63, 3.8) is 0 Å². The van der Waals surface area contributed by atoms with E-state index in [4.69, 9.17) is 5.10 Å². The van der Waals surface area contributed by atoms with E-state index in [2.05, 4.69) is 22.4 Å². The van der Waals surface area contributed by atoms with Gasteiger partial charge < -0.3 is 5.32 Å². The Morgan fingerprint density at radius 1 is 1.14 bits per heavy atom. The van der Waals surface area contributed by atoms with Gasteiger partial charge in [0.05, 0.1) is 23.0 Å². The second-order valence-electron chi connectivity index (χ2n) is 6.53. The molecule has 3 aromatic heterocycles. The molecule has 6 heteroatoms. The molecule has 5 nitrogen and oxygen atoms in total. The largest absolute Gasteiger partial charge is 0.345 e. The number of carbonyl (C=O) groups excluding carboxylic acids is 1. The average molecular weight is 388 g/mol. The number of amides is 1. The third kappa shape index (κ3) is 4.02. The van der Waals surface area contributed by atoms with Crippen LogP contribution in [0.25, 0.3) is 10.6 Å². The molecule has 1 amide bonds. The van der Waals surface area contributed by atoms with Crippen LogP contribution in [0.15, 0.2) is 78.6 Å². The number of hydrogen-bond donors (Lipinski definition) is 1. The molecule has 3 heterocycles. The van der Waals surface area contributed by atoms with Crippen LogP contribution in [0.5, 0.6) is 0 Å². The van der Waals surface area contributed by atoms with E-state index in [0.29, 0.717) is 17.8 Å². The van der Waals surface area contributed by atoms with Crippen molar-refractivity contribution in [3.8, 4) is 10.6 Å². The summed E-state index contributed by atoms with van der Waals surface area (Å²) in [4.78, 5) is 18.1. The van der Waals surface area contributed by atoms with Gasteiger partial charge in [0.15, 0.2) is 0 Å². The van der Waals surface area contributed by atoms with Crippen molar-refractivity contribution < 1.29 is 4.79 Å². The molecular weight excluding hydrogens is 368 g/mol. The number of benzene rings is 1. The molecule has 1 N–H and O–H groups in total. The molecule has 0 aliphatic carbocycles. The maximum Gasteiger partial charge on any atom is 0.255 e. The van der Waals surface area contributed by atoms with Crippen LogP contribution in [0.2, 0.25) is 0 Å². The molecule has 4 rings (SSSR count). The normalized spacial score (nSPS) is 11.9. The zero-order chi connectivity index (χ0) is 19.3. The molecule has 0 aliphatic heterocycles. The van der Waals surface area contributed by atoms with Crippen molar-refractivity contribution in [1.29, 1.82) is 0 Å². The molecule has 1 atom stereocenters. The third-order valence-corrected chi connectivity index (χ3v) is 5.36. The van der Waals surface area contributed by atoms with Crippen LogP contribution < -0.4 is 5.32 Å². The number of aromatic nitrogens is 3. The van der Waals surface area contributed by atoms with Crippen LogP contribution in [-0.2, 0) is 6.54 Å². The van der Waals surface area contributed by atoms with Crippen LogP contribution in [0.1, 0.15) is 34.5 Å². The number of carbonyl (C=O) groups is 1. The standard InChI is InChI=1S/C22H20N4OS/c1-16(18-9-5-11-23-13-18)24-22(27)19-15-26(14-17-7-3-2-4-8-17)25-21(19)20-10-6-12-28-20/h2-13,15-16H,14H2,1H3,(H,24,27). The van der Waals surface area contributed by atoms with Gasteiger partial charge >= 0.3 is 0 Å². The number of pyridine rings is 1. The summed E-state index contributed by atoms with van der Waals surface area (Å²) in [5.74, 6) is -0.140. The highest BCUT2D eigenvalue weighted by Gasteiger charge is 2.20. The molecule has 0 saturated heterocycles. The maximum absolute atomic E-state index is 13.0. The second kappa shape index (κ2) is 8.19. The lowest BCUT2D eigenvalue weighted by molar-refractivity contribution is 0.0940. The van der Waals surface area contributed by atoms with Crippen LogP contribution >= 0.6 is 11.3 Å². The van der Waals surface area contributed by atoms with Gasteiger partial charge in [0.1, 0.15) is 5.69 Å². The molecule has 0 spiro atoms. The monoisotopic (exact) mass is 388 g/mol. The molecule has 4 aromatic rings. The van der Waals surface area contributed by atoms with E-state index >= 15 is 0 Å². The molecule has 0 saturated carbocycles. The Balaban J connectivity index is 1.62. The van der Waals surface area contributed by atoms with E-state index in [1.54, 1.807) is 23.7 Å². The van der Waals surface area contributed by atoms with Gasteiger partial charge in [0.25, 0.3) is 5.91 Å². The molecule has 0 bridgehead atoms. The van der Waals surface area contributed by atoms with Gasteiger partial charge in [-0.05, 0) is 35.6 Å². The minimum Gasteiger partial charge on any atom is -0.345 e. The highest BCUT2D eigenvalue weighted by atomic mass is 32.1. The Morgan fingerprint density at radius 2 is 2.00 bits per heavy atom. The van der Waals surface area contributed by atoms with Gasteiger partial charge in [-0.15, -0.1) is 11.3 Å². The summed E-state index contributed by atoms with van der Waals surface area (Å²) in [5, 5.41) is 9.76. The number of nitrogens with zero attached hydrogens (tertiary/aromatic N) is 3. The third-order valence-electron chi connectivity index (χ3n) is 4.48. The summed E-state index contributed by atoms with van der Waals surface area (Å²) in [6.07, 6.45) is 5.32. The number of nitrogens with one attached hydrogen (secondary N) is 1. The number of thiophene rings is 1. The summed E-state index contributed by atoms with van der Waals surface area (Å²) < 4.78 is 1.83. The Hall–Kier alpha value is -3.25. The summed E-state index contributed by atoms with van der Waals surface area (Å²) in [5.41, 5.74) is 3.39. The van der Waals surface area contributed by atoms with E-state index in [9.17, 15) is 4.79 Å². The lowest BCUT2D eigenvalue weighted by atomic mass is 10.1. The first-order valence-corrected chi connectivity index (χ1v) is 9.95. The molecule has 140 valence electrons. The van der Waals surface area contributed by atoms with Gasteiger partial charge in [-0.3, -0.25) is 14.5 Å². The number of hydrogen-bond acceptors (Lipinski definition) is 4. The smallest absolute Gasteiger partial charge is 0.255 e. The van der Waals surface area contributed by atoms with Crippen LogP contribution in [0.3, 0.4) is 0 Å². The van der Waals surface area contributed by atoms with E-state index in [0.717, 1.165) is 16.0 Å². The lowest BCUT2D eigenvalue weighted by Crippen LogP contribution is -2.26. The lowest BCUT2D eigenvalue weighted by Gasteiger charge is -2.13. The van der Waals surface area contributed by atoms with Crippen LogP contribution in [0, 0.1) is 0 Å². The zero-order valence-corrected chi connectivity index (χ0v) is 16.3. The van der Waals surface area contributed by atoms with Crippen LogP contribution in [-0.4, -0.2) is 20.7 Å². The van der Waals surface area contributed by atoms with Gasteiger partial charge in [0, 0.05) is 18.6 Å². The fourth-order valence-electron chi connectivity index (χ4n) is 3.02. The quantitative estimate of drug-likeness (QED) is 0.527. The van der Waals surface area contributed by atoms with Crippen molar-refractivity contribution in [2.75, 3.05) is 0 Å². The van der Waals surface area contributed by atoms with Gasteiger partial charge in [-0.25, -0.2) is 0 Å². The fraction of sp³-hybridized carbons (Fsp3) is 0.136. The average Bonchev–Trinajstić information content (AvgIpc) is 3.39. The van der Waals surface area contributed by atoms with Gasteiger partial charge in [-0.1, -0.05) is 42.5 Å². The highest BCUT2D eigenvalue weighted by molar-refractivity contribution is 7.13. The first kappa shape index (κ1) is 18.1. The SMILES string of the molecule is CC(NC(=O)c1cn(Cc2ccccc2)nc1-c1cccs1)c1cccnc1. The Morgan fingerprint density at radius 3 is 2.71 bits per heavy atom. The molecule has 0 radical (unpaired) electrons. The van der Waals surface area contributed by atoms with Crippen molar-refractivity contribution >= 4 is 17.2 Å². The molecule has 0 aliphatic rings. The van der Waals surface area contributed by atoms with Crippen molar-refractivity contribution in [3.05, 3.63) is 95.3 Å². The van der Waals surface area contributed by atoms with Crippen molar-refractivity contribution in [2.24, 2.45) is 0 Å². The van der Waals surface area contributed by atoms with E-state index in [1.165, 1.54) is 0 Å². The van der Waals surface area contributed by atoms with E-state index < -0.39 is 0 Å². The second-order valence-corrected chi connectivity index (χ2v) is 7.48. The number of rotatable bonds is 6.